The summed E-state index contributed by atoms with van der Waals surface area (Å²) in [5.41, 5.74) is 5.35. The normalized spacial score (nSPS) is 12.4. The molecule has 0 aliphatic heterocycles. The van der Waals surface area contributed by atoms with Gasteiger partial charge in [-0.1, -0.05) is 15.9 Å². The number of aryl methyl sites for hydroxylation is 1. The van der Waals surface area contributed by atoms with Crippen LogP contribution < -0.4 is 16.0 Å². The maximum Gasteiger partial charge on any atom is 0.119 e. The first-order valence-electron chi connectivity index (χ1n) is 5.98. The second-order valence-electron chi connectivity index (χ2n) is 4.35. The van der Waals surface area contributed by atoms with E-state index < -0.39 is 0 Å². The second-order valence-corrected chi connectivity index (χ2v) is 6.15. The molecule has 0 saturated heterocycles. The fourth-order valence-corrected chi connectivity index (χ4v) is 3.42. The van der Waals surface area contributed by atoms with E-state index in [0.717, 1.165) is 16.6 Å². The van der Waals surface area contributed by atoms with E-state index in [4.69, 9.17) is 10.6 Å². The Morgan fingerprint density at radius 1 is 1.42 bits per heavy atom. The monoisotopic (exact) mass is 340 g/mol. The maximum absolute atomic E-state index is 5.71. The van der Waals surface area contributed by atoms with Gasteiger partial charge in [0.15, 0.2) is 0 Å². The van der Waals surface area contributed by atoms with Crippen molar-refractivity contribution in [1.82, 2.24) is 5.43 Å². The van der Waals surface area contributed by atoms with Crippen molar-refractivity contribution < 1.29 is 4.74 Å². The summed E-state index contributed by atoms with van der Waals surface area (Å²) in [6, 6.07) is 8.21. The molecule has 1 atom stereocenters. The third-order valence-electron chi connectivity index (χ3n) is 3.10. The molecule has 2 aromatic rings. The molecule has 0 saturated carbocycles. The third kappa shape index (κ3) is 3.36. The highest BCUT2D eigenvalue weighted by Gasteiger charge is 2.16. The highest BCUT2D eigenvalue weighted by atomic mass is 79.9. The lowest BCUT2D eigenvalue weighted by atomic mass is 10.0. The third-order valence-corrected chi connectivity index (χ3v) is 5.00. The van der Waals surface area contributed by atoms with Crippen LogP contribution in [0.15, 0.2) is 34.1 Å². The van der Waals surface area contributed by atoms with Gasteiger partial charge in [-0.3, -0.25) is 11.3 Å². The lowest BCUT2D eigenvalue weighted by Gasteiger charge is -2.17. The van der Waals surface area contributed by atoms with E-state index in [9.17, 15) is 0 Å². The first-order valence-corrected chi connectivity index (χ1v) is 7.65. The van der Waals surface area contributed by atoms with Gasteiger partial charge in [0.2, 0.25) is 0 Å². The molecule has 3 nitrogen and oxygen atoms in total. The molecule has 19 heavy (non-hydrogen) atoms. The topological polar surface area (TPSA) is 47.3 Å². The highest BCUT2D eigenvalue weighted by Crippen LogP contribution is 2.30. The van der Waals surface area contributed by atoms with Crippen molar-refractivity contribution in [2.45, 2.75) is 19.4 Å². The van der Waals surface area contributed by atoms with E-state index in [-0.39, 0.29) is 6.04 Å². The number of hydrazine groups is 1. The minimum atomic E-state index is 0.114. The SMILES string of the molecule is COc1ccc(Br)c(CC(NN)c2sccc2C)c1. The molecule has 5 heteroatoms. The molecule has 0 radical (unpaired) electrons. The summed E-state index contributed by atoms with van der Waals surface area (Å²) < 4.78 is 6.34. The van der Waals surface area contributed by atoms with Crippen molar-refractivity contribution in [1.29, 1.82) is 0 Å². The predicted octanol–water partition coefficient (Wildman–Crippen LogP) is 3.57. The summed E-state index contributed by atoms with van der Waals surface area (Å²) in [4.78, 5) is 1.28. The molecule has 0 spiro atoms. The second kappa shape index (κ2) is 6.52. The largest absolute Gasteiger partial charge is 0.497 e. The molecule has 1 unspecified atom stereocenters. The first-order chi connectivity index (χ1) is 9.15. The van der Waals surface area contributed by atoms with E-state index in [1.807, 2.05) is 18.2 Å². The van der Waals surface area contributed by atoms with Gasteiger partial charge in [0.05, 0.1) is 13.2 Å². The van der Waals surface area contributed by atoms with Crippen LogP contribution >= 0.6 is 27.3 Å². The Kier molecular flexibility index (Phi) is 4.99. The Balaban J connectivity index is 2.26. The van der Waals surface area contributed by atoms with E-state index in [1.54, 1.807) is 18.4 Å². The number of rotatable bonds is 5. The van der Waals surface area contributed by atoms with Crippen LogP contribution in [-0.4, -0.2) is 7.11 Å². The number of nitrogens with one attached hydrogen (secondary N) is 1. The number of ether oxygens (including phenoxy) is 1. The fourth-order valence-electron chi connectivity index (χ4n) is 2.02. The average molecular weight is 341 g/mol. The van der Waals surface area contributed by atoms with Gasteiger partial charge in [-0.05, 0) is 54.1 Å². The van der Waals surface area contributed by atoms with Crippen LogP contribution in [0.2, 0.25) is 0 Å². The van der Waals surface area contributed by atoms with Gasteiger partial charge in [0.25, 0.3) is 0 Å². The zero-order chi connectivity index (χ0) is 13.8. The van der Waals surface area contributed by atoms with Crippen LogP contribution in [0, 0.1) is 6.92 Å². The van der Waals surface area contributed by atoms with Crippen molar-refractivity contribution in [2.75, 3.05) is 7.11 Å². The molecule has 1 aromatic carbocycles. The average Bonchev–Trinajstić information content (AvgIpc) is 2.84. The Morgan fingerprint density at radius 2 is 2.21 bits per heavy atom. The summed E-state index contributed by atoms with van der Waals surface area (Å²) in [6.45, 7) is 2.11. The van der Waals surface area contributed by atoms with Crippen molar-refractivity contribution in [3.63, 3.8) is 0 Å². The Bertz CT molecular complexity index is 556. The first kappa shape index (κ1) is 14.5. The molecule has 0 aliphatic carbocycles. The van der Waals surface area contributed by atoms with Gasteiger partial charge in [0.1, 0.15) is 5.75 Å². The van der Waals surface area contributed by atoms with Crippen LogP contribution in [0.1, 0.15) is 22.0 Å². The standard InChI is InChI=1S/C14H17BrN2OS/c1-9-5-6-19-14(9)13(17-16)8-10-7-11(18-2)3-4-12(10)15/h3-7,13,17H,8,16H2,1-2H3. The molecule has 102 valence electrons. The van der Waals surface area contributed by atoms with Crippen molar-refractivity contribution in [3.8, 4) is 5.75 Å². The number of methoxy groups -OCH3 is 1. The number of hydrogen-bond acceptors (Lipinski definition) is 4. The fraction of sp³-hybridized carbons (Fsp3) is 0.286. The number of benzene rings is 1. The number of nitrogens with two attached hydrogens (primary N) is 1. The van der Waals surface area contributed by atoms with Crippen molar-refractivity contribution in [3.05, 3.63) is 50.1 Å². The van der Waals surface area contributed by atoms with E-state index in [0.29, 0.717) is 0 Å². The van der Waals surface area contributed by atoms with Crippen LogP contribution in [0.25, 0.3) is 0 Å². The molecule has 3 N–H and O–H groups in total. The molecule has 0 bridgehead atoms. The minimum absolute atomic E-state index is 0.114. The van der Waals surface area contributed by atoms with Crippen molar-refractivity contribution >= 4 is 27.3 Å². The molecule has 0 fully saturated rings. The van der Waals surface area contributed by atoms with Gasteiger partial charge in [-0.15, -0.1) is 11.3 Å². The number of hydrogen-bond donors (Lipinski definition) is 2. The molecule has 1 aromatic heterocycles. The van der Waals surface area contributed by atoms with Crippen molar-refractivity contribution in [2.24, 2.45) is 5.84 Å². The summed E-state index contributed by atoms with van der Waals surface area (Å²) in [5, 5.41) is 2.09. The van der Waals surface area contributed by atoms with Crippen LogP contribution in [-0.2, 0) is 6.42 Å². The Labute approximate surface area is 125 Å². The number of thiophene rings is 1. The van der Waals surface area contributed by atoms with Gasteiger partial charge < -0.3 is 4.74 Å². The van der Waals surface area contributed by atoms with Crippen LogP contribution in [0.5, 0.6) is 5.75 Å². The van der Waals surface area contributed by atoms with Crippen LogP contribution in [0.3, 0.4) is 0 Å². The zero-order valence-corrected chi connectivity index (χ0v) is 13.3. The Hall–Kier alpha value is -0.880. The molecule has 0 amide bonds. The van der Waals surface area contributed by atoms with E-state index >= 15 is 0 Å². The van der Waals surface area contributed by atoms with Crippen LogP contribution in [0.4, 0.5) is 0 Å². The summed E-state index contributed by atoms with van der Waals surface area (Å²) >= 11 is 5.31. The van der Waals surface area contributed by atoms with Gasteiger partial charge in [-0.2, -0.15) is 0 Å². The predicted molar refractivity (Wildman–Crippen MR) is 83.5 cm³/mol. The molecule has 0 aliphatic rings. The smallest absolute Gasteiger partial charge is 0.119 e. The quantitative estimate of drug-likeness (QED) is 0.646. The van der Waals surface area contributed by atoms with Gasteiger partial charge in [0, 0.05) is 9.35 Å². The van der Waals surface area contributed by atoms with E-state index in [1.165, 1.54) is 16.0 Å². The molecular weight excluding hydrogens is 324 g/mol. The maximum atomic E-state index is 5.71. The summed E-state index contributed by atoms with van der Waals surface area (Å²) in [6.07, 6.45) is 0.815. The molecule has 1 heterocycles. The summed E-state index contributed by atoms with van der Waals surface area (Å²) in [5.74, 6) is 6.57. The lowest BCUT2D eigenvalue weighted by Crippen LogP contribution is -2.29. The summed E-state index contributed by atoms with van der Waals surface area (Å²) in [7, 11) is 1.68. The van der Waals surface area contributed by atoms with E-state index in [2.05, 4.69) is 39.7 Å². The number of halogens is 1. The van der Waals surface area contributed by atoms with Gasteiger partial charge >= 0.3 is 0 Å². The highest BCUT2D eigenvalue weighted by molar-refractivity contribution is 9.10. The molecular formula is C14H17BrN2OS. The lowest BCUT2D eigenvalue weighted by molar-refractivity contribution is 0.413. The zero-order valence-electron chi connectivity index (χ0n) is 10.9. The van der Waals surface area contributed by atoms with Gasteiger partial charge in [-0.25, -0.2) is 0 Å². The minimum Gasteiger partial charge on any atom is -0.497 e. The Morgan fingerprint density at radius 3 is 2.79 bits per heavy atom. The molecule has 2 rings (SSSR count).